The summed E-state index contributed by atoms with van der Waals surface area (Å²) in [6, 6.07) is 9.22. The number of nitrogens with zero attached hydrogens (tertiary/aromatic N) is 3. The Hall–Kier alpha value is -3.72. The van der Waals surface area contributed by atoms with Crippen LogP contribution in [0.25, 0.3) is 10.9 Å². The van der Waals surface area contributed by atoms with Crippen molar-refractivity contribution in [2.45, 2.75) is 31.7 Å². The number of anilines is 1. The third kappa shape index (κ3) is 4.39. The van der Waals surface area contributed by atoms with Crippen LogP contribution in [0.15, 0.2) is 36.5 Å². The molecular weight excluding hydrogens is 444 g/mol. The van der Waals surface area contributed by atoms with Gasteiger partial charge in [-0.2, -0.15) is 0 Å². The van der Waals surface area contributed by atoms with Crippen molar-refractivity contribution in [3.8, 4) is 0 Å². The molecule has 0 aliphatic carbocycles. The molecule has 0 saturated carbocycles. The smallest absolute Gasteiger partial charge is 0.272 e. The molecule has 2 aliphatic heterocycles. The maximum absolute atomic E-state index is 12.9. The van der Waals surface area contributed by atoms with Gasteiger partial charge in [-0.05, 0) is 62.8 Å². The van der Waals surface area contributed by atoms with Crippen molar-refractivity contribution in [1.29, 1.82) is 0 Å². The van der Waals surface area contributed by atoms with Gasteiger partial charge >= 0.3 is 0 Å². The predicted molar refractivity (Wildman–Crippen MR) is 134 cm³/mol. The van der Waals surface area contributed by atoms with Gasteiger partial charge in [0.1, 0.15) is 11.4 Å². The summed E-state index contributed by atoms with van der Waals surface area (Å²) in [5.41, 5.74) is 3.71. The molecule has 5 rings (SSSR count). The Morgan fingerprint density at radius 2 is 1.91 bits per heavy atom. The Morgan fingerprint density at radius 1 is 1.14 bits per heavy atom. The van der Waals surface area contributed by atoms with Crippen molar-refractivity contribution >= 4 is 34.3 Å². The Kier molecular flexibility index (Phi) is 6.02. The number of nitrogens with one attached hydrogen (secondary N) is 3. The van der Waals surface area contributed by atoms with Crippen molar-refractivity contribution in [3.63, 3.8) is 0 Å². The number of piperidine rings is 1. The van der Waals surface area contributed by atoms with E-state index in [9.17, 15) is 14.4 Å². The lowest BCUT2D eigenvalue weighted by Crippen LogP contribution is -2.44. The highest BCUT2D eigenvalue weighted by molar-refractivity contribution is 6.08. The summed E-state index contributed by atoms with van der Waals surface area (Å²) in [6.07, 6.45) is 3.41. The van der Waals surface area contributed by atoms with E-state index in [-0.39, 0.29) is 23.6 Å². The van der Waals surface area contributed by atoms with Crippen molar-refractivity contribution in [1.82, 2.24) is 25.1 Å². The summed E-state index contributed by atoms with van der Waals surface area (Å²) in [7, 11) is 4.14. The number of aromatic nitrogens is 2. The van der Waals surface area contributed by atoms with Crippen LogP contribution in [0.2, 0.25) is 0 Å². The lowest BCUT2D eigenvalue weighted by molar-refractivity contribution is 0.0657. The van der Waals surface area contributed by atoms with Crippen LogP contribution in [-0.4, -0.2) is 77.3 Å². The van der Waals surface area contributed by atoms with E-state index in [4.69, 9.17) is 0 Å². The van der Waals surface area contributed by atoms with Crippen LogP contribution in [-0.2, 0) is 0 Å². The second-order valence-electron chi connectivity index (χ2n) is 9.66. The molecule has 1 unspecified atom stereocenters. The van der Waals surface area contributed by atoms with Gasteiger partial charge in [0.15, 0.2) is 0 Å². The molecule has 182 valence electrons. The van der Waals surface area contributed by atoms with Gasteiger partial charge in [0.2, 0.25) is 0 Å². The van der Waals surface area contributed by atoms with Gasteiger partial charge in [-0.25, -0.2) is 4.98 Å². The first-order valence-electron chi connectivity index (χ1n) is 12.0. The third-order valence-electron chi connectivity index (χ3n) is 7.11. The fraction of sp³-hybridized carbons (Fsp3) is 0.385. The molecule has 1 aromatic carbocycles. The topological polar surface area (TPSA) is 110 Å². The summed E-state index contributed by atoms with van der Waals surface area (Å²) >= 11 is 0. The van der Waals surface area contributed by atoms with E-state index >= 15 is 0 Å². The molecule has 3 aromatic rings. The highest BCUT2D eigenvalue weighted by atomic mass is 16.2. The average Bonchev–Trinajstić information content (AvgIpc) is 3.26. The number of carbonyl (C=O) groups excluding carboxylic acids is 3. The number of H-pyrrole nitrogens is 1. The van der Waals surface area contributed by atoms with Crippen LogP contribution in [0.3, 0.4) is 0 Å². The number of amides is 3. The van der Waals surface area contributed by atoms with Crippen LogP contribution in [0.5, 0.6) is 0 Å². The van der Waals surface area contributed by atoms with Crippen molar-refractivity contribution in [2.24, 2.45) is 0 Å². The van der Waals surface area contributed by atoms with Crippen LogP contribution >= 0.6 is 0 Å². The summed E-state index contributed by atoms with van der Waals surface area (Å²) in [4.78, 5) is 49.5. The molecule has 4 heterocycles. The van der Waals surface area contributed by atoms with Crippen molar-refractivity contribution < 1.29 is 14.4 Å². The van der Waals surface area contributed by atoms with Crippen molar-refractivity contribution in [2.75, 3.05) is 39.0 Å². The zero-order chi connectivity index (χ0) is 24.7. The number of benzene rings is 1. The van der Waals surface area contributed by atoms with E-state index in [2.05, 4.69) is 46.5 Å². The summed E-state index contributed by atoms with van der Waals surface area (Å²) in [6.45, 7) is 4.05. The maximum Gasteiger partial charge on any atom is 0.272 e. The Labute approximate surface area is 203 Å². The molecule has 9 nitrogen and oxygen atoms in total. The molecule has 0 bridgehead atoms. The largest absolute Gasteiger partial charge is 0.350 e. The molecule has 1 atom stereocenters. The van der Waals surface area contributed by atoms with Crippen LogP contribution in [0.1, 0.15) is 62.6 Å². The minimum atomic E-state index is -0.276. The molecule has 3 N–H and O–H groups in total. The second-order valence-corrected chi connectivity index (χ2v) is 9.66. The SMILES string of the molecule is CC1CNC(=O)c2[nH]c3ccc(C(=O)Nc4ccc(C(=O)N5CCC(N(C)C)CC5)nc4)cc3c21. The number of fused-ring (bicyclic) bond motifs is 3. The number of hydrogen-bond donors (Lipinski definition) is 3. The number of likely N-dealkylation sites (tertiary alicyclic amines) is 1. The summed E-state index contributed by atoms with van der Waals surface area (Å²) in [5, 5.41) is 6.61. The highest BCUT2D eigenvalue weighted by Crippen LogP contribution is 2.32. The Bertz CT molecular complexity index is 1290. The maximum atomic E-state index is 12.9. The van der Waals surface area contributed by atoms with E-state index in [1.807, 2.05) is 17.0 Å². The lowest BCUT2D eigenvalue weighted by Gasteiger charge is -2.35. The average molecular weight is 475 g/mol. The van der Waals surface area contributed by atoms with Gasteiger partial charge in [0.25, 0.3) is 17.7 Å². The number of pyridine rings is 1. The van der Waals surface area contributed by atoms with E-state index in [0.717, 1.165) is 29.3 Å². The van der Waals surface area contributed by atoms with Gasteiger partial charge in [-0.1, -0.05) is 6.92 Å². The zero-order valence-corrected chi connectivity index (χ0v) is 20.2. The first-order valence-corrected chi connectivity index (χ1v) is 12.0. The monoisotopic (exact) mass is 474 g/mol. The number of aromatic amines is 1. The zero-order valence-electron chi connectivity index (χ0n) is 20.2. The number of hydrogen-bond acceptors (Lipinski definition) is 5. The molecule has 0 spiro atoms. The molecular formula is C26H30N6O3. The lowest BCUT2D eigenvalue weighted by atomic mass is 9.93. The van der Waals surface area contributed by atoms with E-state index in [1.54, 1.807) is 18.2 Å². The molecule has 9 heteroatoms. The fourth-order valence-corrected chi connectivity index (χ4v) is 5.03. The van der Waals surface area contributed by atoms with Gasteiger partial charge in [0, 0.05) is 48.1 Å². The molecule has 1 fully saturated rings. The summed E-state index contributed by atoms with van der Waals surface area (Å²) in [5.74, 6) is -0.330. The minimum absolute atomic E-state index is 0.0825. The Morgan fingerprint density at radius 3 is 2.60 bits per heavy atom. The minimum Gasteiger partial charge on any atom is -0.350 e. The van der Waals surface area contributed by atoms with Gasteiger partial charge in [0.05, 0.1) is 11.9 Å². The predicted octanol–water partition coefficient (Wildman–Crippen LogP) is 2.83. The van der Waals surface area contributed by atoms with E-state index < -0.39 is 0 Å². The number of carbonyl (C=O) groups is 3. The third-order valence-corrected chi connectivity index (χ3v) is 7.11. The second kappa shape index (κ2) is 9.14. The first kappa shape index (κ1) is 23.0. The molecule has 1 saturated heterocycles. The first-order chi connectivity index (χ1) is 16.8. The van der Waals surface area contributed by atoms with E-state index in [1.165, 1.54) is 6.20 Å². The number of rotatable bonds is 4. The molecule has 2 aliphatic rings. The molecule has 35 heavy (non-hydrogen) atoms. The van der Waals surface area contributed by atoms with Gasteiger partial charge < -0.3 is 25.4 Å². The quantitative estimate of drug-likeness (QED) is 0.539. The molecule has 0 radical (unpaired) electrons. The van der Waals surface area contributed by atoms with Gasteiger partial charge in [-0.15, -0.1) is 0 Å². The highest BCUT2D eigenvalue weighted by Gasteiger charge is 2.28. The molecule has 2 aromatic heterocycles. The van der Waals surface area contributed by atoms with Crippen molar-refractivity contribution in [3.05, 3.63) is 59.0 Å². The van der Waals surface area contributed by atoms with Crippen LogP contribution in [0, 0.1) is 0 Å². The Balaban J connectivity index is 1.28. The van der Waals surface area contributed by atoms with E-state index in [0.29, 0.717) is 48.3 Å². The fourth-order valence-electron chi connectivity index (χ4n) is 5.03. The van der Waals surface area contributed by atoms with Gasteiger partial charge in [-0.3, -0.25) is 14.4 Å². The summed E-state index contributed by atoms with van der Waals surface area (Å²) < 4.78 is 0. The molecule has 3 amide bonds. The van der Waals surface area contributed by atoms with Crippen LogP contribution < -0.4 is 10.6 Å². The normalized spacial score (nSPS) is 18.5. The standard InChI is InChI=1S/C26H30N6O3/c1-15-13-28-25(34)23-22(15)19-12-16(4-6-20(19)30-23)24(33)29-17-5-7-21(27-14-17)26(35)32-10-8-18(9-11-32)31(2)3/h4-7,12,14-15,18,30H,8-11,13H2,1-3H3,(H,28,34)(H,29,33). The van der Waals surface area contributed by atoms with Crippen LogP contribution in [0.4, 0.5) is 5.69 Å².